The van der Waals surface area contributed by atoms with Crippen LogP contribution in [0.15, 0.2) is 38.7 Å². The molecule has 3 aromatic heterocycles. The molecular formula is C14H13BrN2O2S. The van der Waals surface area contributed by atoms with Gasteiger partial charge in [-0.2, -0.15) is 0 Å². The minimum atomic E-state index is -0.0847. The van der Waals surface area contributed by atoms with Crippen LogP contribution in [0.25, 0.3) is 10.2 Å². The molecule has 0 radical (unpaired) electrons. The number of carbonyl (C=O) groups excluding carboxylic acids is 1. The van der Waals surface area contributed by atoms with Gasteiger partial charge in [-0.25, -0.2) is 0 Å². The molecule has 4 nitrogen and oxygen atoms in total. The van der Waals surface area contributed by atoms with Crippen LogP contribution in [0.2, 0.25) is 0 Å². The van der Waals surface area contributed by atoms with Crippen molar-refractivity contribution in [1.29, 1.82) is 0 Å². The van der Waals surface area contributed by atoms with Gasteiger partial charge in [-0.05, 0) is 41.1 Å². The fraction of sp³-hybridized carbons (Fsp3) is 0.214. The quantitative estimate of drug-likeness (QED) is 0.770. The number of hydrogen-bond acceptors (Lipinski definition) is 3. The zero-order chi connectivity index (χ0) is 14.1. The fourth-order valence-electron chi connectivity index (χ4n) is 2.22. The van der Waals surface area contributed by atoms with Crippen LogP contribution in [0.3, 0.4) is 0 Å². The summed E-state index contributed by atoms with van der Waals surface area (Å²) < 4.78 is 9.38. The molecule has 0 aliphatic rings. The largest absolute Gasteiger partial charge is 0.467 e. The van der Waals surface area contributed by atoms with Crippen molar-refractivity contribution < 1.29 is 9.21 Å². The minimum absolute atomic E-state index is 0.0847. The van der Waals surface area contributed by atoms with Gasteiger partial charge in [-0.3, -0.25) is 4.79 Å². The Labute approximate surface area is 128 Å². The van der Waals surface area contributed by atoms with Gasteiger partial charge in [0.1, 0.15) is 11.5 Å². The standard InChI is InChI=1S/C14H13BrN2O2S/c1-2-17-11(6-12-13(17)10(15)8-20-12)14(18)16-7-9-4-3-5-19-9/h3-6,8H,2,7H2,1H3,(H,16,18). The summed E-state index contributed by atoms with van der Waals surface area (Å²) in [6.07, 6.45) is 1.60. The van der Waals surface area contributed by atoms with Gasteiger partial charge in [0.05, 0.1) is 27.5 Å². The number of halogens is 1. The second kappa shape index (κ2) is 5.46. The molecule has 0 aliphatic heterocycles. The number of nitrogens with one attached hydrogen (secondary N) is 1. The van der Waals surface area contributed by atoms with Crippen molar-refractivity contribution in [2.24, 2.45) is 0 Å². The highest BCUT2D eigenvalue weighted by Crippen LogP contribution is 2.33. The summed E-state index contributed by atoms with van der Waals surface area (Å²) in [4.78, 5) is 12.3. The van der Waals surface area contributed by atoms with Crippen molar-refractivity contribution in [3.8, 4) is 0 Å². The molecule has 0 fully saturated rings. The molecule has 3 aromatic rings. The van der Waals surface area contributed by atoms with Gasteiger partial charge < -0.3 is 14.3 Å². The third-order valence-electron chi connectivity index (χ3n) is 3.13. The summed E-state index contributed by atoms with van der Waals surface area (Å²) in [7, 11) is 0. The Bertz CT molecular complexity index is 743. The monoisotopic (exact) mass is 352 g/mol. The van der Waals surface area contributed by atoms with Gasteiger partial charge in [0.15, 0.2) is 0 Å². The molecule has 6 heteroatoms. The summed E-state index contributed by atoms with van der Waals surface area (Å²) in [5, 5.41) is 4.93. The van der Waals surface area contributed by atoms with Crippen molar-refractivity contribution >= 4 is 43.4 Å². The Hall–Kier alpha value is -1.53. The number of aromatic nitrogens is 1. The predicted molar refractivity (Wildman–Crippen MR) is 83.1 cm³/mol. The number of nitrogens with zero attached hydrogens (tertiary/aromatic N) is 1. The number of thiophene rings is 1. The Balaban J connectivity index is 1.87. The average Bonchev–Trinajstić information content (AvgIpc) is 3.14. The van der Waals surface area contributed by atoms with Crippen LogP contribution in [-0.2, 0) is 13.1 Å². The van der Waals surface area contributed by atoms with Crippen molar-refractivity contribution in [3.63, 3.8) is 0 Å². The Morgan fingerprint density at radius 3 is 3.10 bits per heavy atom. The molecule has 0 saturated carbocycles. The van der Waals surface area contributed by atoms with Crippen LogP contribution < -0.4 is 5.32 Å². The van der Waals surface area contributed by atoms with Crippen LogP contribution in [-0.4, -0.2) is 10.5 Å². The first-order valence-corrected chi connectivity index (χ1v) is 7.94. The molecule has 0 spiro atoms. The van der Waals surface area contributed by atoms with Crippen molar-refractivity contribution in [2.75, 3.05) is 0 Å². The van der Waals surface area contributed by atoms with E-state index in [0.29, 0.717) is 12.2 Å². The van der Waals surface area contributed by atoms with E-state index in [0.717, 1.165) is 27.0 Å². The summed E-state index contributed by atoms with van der Waals surface area (Å²) in [5.41, 5.74) is 1.77. The maximum absolute atomic E-state index is 12.3. The first kappa shape index (κ1) is 13.5. The molecule has 0 aromatic carbocycles. The van der Waals surface area contributed by atoms with Crippen molar-refractivity contribution in [3.05, 3.63) is 45.8 Å². The molecular weight excluding hydrogens is 340 g/mol. The third-order valence-corrected chi connectivity index (χ3v) is 4.96. The molecule has 0 bridgehead atoms. The summed E-state index contributed by atoms with van der Waals surface area (Å²) in [6.45, 7) is 3.19. The Kier molecular flexibility index (Phi) is 3.67. The average molecular weight is 353 g/mol. The maximum Gasteiger partial charge on any atom is 0.268 e. The number of amides is 1. The van der Waals surface area contributed by atoms with E-state index in [1.54, 1.807) is 17.6 Å². The van der Waals surface area contributed by atoms with Gasteiger partial charge in [0.2, 0.25) is 0 Å². The molecule has 3 heterocycles. The van der Waals surface area contributed by atoms with E-state index in [1.807, 2.05) is 35.1 Å². The maximum atomic E-state index is 12.3. The molecule has 104 valence electrons. The third kappa shape index (κ3) is 2.29. The lowest BCUT2D eigenvalue weighted by Crippen LogP contribution is -2.25. The molecule has 0 saturated heterocycles. The van der Waals surface area contributed by atoms with E-state index >= 15 is 0 Å². The predicted octanol–water partition coefficient (Wildman–Crippen LogP) is 4.01. The summed E-state index contributed by atoms with van der Waals surface area (Å²) >= 11 is 5.17. The molecule has 1 N–H and O–H groups in total. The summed E-state index contributed by atoms with van der Waals surface area (Å²) in [6, 6.07) is 5.59. The Morgan fingerprint density at radius 1 is 1.55 bits per heavy atom. The minimum Gasteiger partial charge on any atom is -0.467 e. The van der Waals surface area contributed by atoms with E-state index in [2.05, 4.69) is 21.2 Å². The van der Waals surface area contributed by atoms with E-state index in [-0.39, 0.29) is 5.91 Å². The molecule has 0 atom stereocenters. The van der Waals surface area contributed by atoms with Gasteiger partial charge in [0, 0.05) is 11.9 Å². The van der Waals surface area contributed by atoms with Crippen LogP contribution in [0, 0.1) is 0 Å². The molecule has 0 aliphatic carbocycles. The second-order valence-electron chi connectivity index (χ2n) is 4.33. The molecule has 0 unspecified atom stereocenters. The first-order valence-electron chi connectivity index (χ1n) is 6.27. The van der Waals surface area contributed by atoms with E-state index in [4.69, 9.17) is 4.42 Å². The first-order chi connectivity index (χ1) is 9.70. The highest BCUT2D eigenvalue weighted by molar-refractivity contribution is 9.10. The highest BCUT2D eigenvalue weighted by Gasteiger charge is 2.17. The lowest BCUT2D eigenvalue weighted by Gasteiger charge is -2.08. The SMILES string of the molecule is CCn1c(C(=O)NCc2ccco2)cc2scc(Br)c21. The number of fused-ring (bicyclic) bond motifs is 1. The highest BCUT2D eigenvalue weighted by atomic mass is 79.9. The molecule has 1 amide bonds. The molecule has 20 heavy (non-hydrogen) atoms. The lowest BCUT2D eigenvalue weighted by molar-refractivity contribution is 0.0939. The Morgan fingerprint density at radius 2 is 2.40 bits per heavy atom. The van der Waals surface area contributed by atoms with Crippen LogP contribution in [0.1, 0.15) is 23.2 Å². The van der Waals surface area contributed by atoms with Gasteiger partial charge in [0.25, 0.3) is 5.91 Å². The lowest BCUT2D eigenvalue weighted by atomic mass is 10.3. The van der Waals surface area contributed by atoms with Crippen LogP contribution in [0.4, 0.5) is 0 Å². The second-order valence-corrected chi connectivity index (χ2v) is 6.10. The van der Waals surface area contributed by atoms with Gasteiger partial charge >= 0.3 is 0 Å². The van der Waals surface area contributed by atoms with Crippen LogP contribution >= 0.6 is 27.3 Å². The number of hydrogen-bond donors (Lipinski definition) is 1. The smallest absolute Gasteiger partial charge is 0.268 e. The number of carbonyl (C=O) groups is 1. The topological polar surface area (TPSA) is 47.2 Å². The number of rotatable bonds is 4. The molecule has 3 rings (SSSR count). The normalized spacial score (nSPS) is 11.1. The van der Waals surface area contributed by atoms with Crippen molar-refractivity contribution in [1.82, 2.24) is 9.88 Å². The van der Waals surface area contributed by atoms with E-state index in [9.17, 15) is 4.79 Å². The zero-order valence-electron chi connectivity index (χ0n) is 10.9. The summed E-state index contributed by atoms with van der Waals surface area (Å²) in [5.74, 6) is 0.662. The number of aryl methyl sites for hydroxylation is 1. The number of furan rings is 1. The fourth-order valence-corrected chi connectivity index (χ4v) is 3.91. The van der Waals surface area contributed by atoms with Crippen LogP contribution in [0.5, 0.6) is 0 Å². The van der Waals surface area contributed by atoms with Gasteiger partial charge in [-0.15, -0.1) is 11.3 Å². The van der Waals surface area contributed by atoms with Crippen molar-refractivity contribution in [2.45, 2.75) is 20.0 Å². The zero-order valence-corrected chi connectivity index (χ0v) is 13.3. The van der Waals surface area contributed by atoms with Gasteiger partial charge in [-0.1, -0.05) is 0 Å². The van der Waals surface area contributed by atoms with E-state index < -0.39 is 0 Å². The van der Waals surface area contributed by atoms with E-state index in [1.165, 1.54) is 0 Å².